The third-order valence-corrected chi connectivity index (χ3v) is 3.72. The fraction of sp³-hybridized carbons (Fsp3) is 0.545. The van der Waals surface area contributed by atoms with Crippen LogP contribution in [0.4, 0.5) is 0 Å². The maximum absolute atomic E-state index is 11.9. The Bertz CT molecular complexity index is 342. The van der Waals surface area contributed by atoms with Crippen LogP contribution < -0.4 is 10.6 Å². The number of thiophene rings is 1. The van der Waals surface area contributed by atoms with E-state index in [0.29, 0.717) is 6.04 Å². The summed E-state index contributed by atoms with van der Waals surface area (Å²) in [6, 6.07) is 2.28. The molecule has 0 spiro atoms. The first-order valence-electron chi connectivity index (χ1n) is 5.33. The summed E-state index contributed by atoms with van der Waals surface area (Å²) in [6.45, 7) is 3.95. The van der Waals surface area contributed by atoms with Gasteiger partial charge in [0, 0.05) is 12.6 Å². The van der Waals surface area contributed by atoms with Crippen LogP contribution in [-0.4, -0.2) is 25.0 Å². The summed E-state index contributed by atoms with van der Waals surface area (Å²) in [6.07, 6.45) is 2.23. The molecular weight excluding hydrogens is 208 g/mol. The van der Waals surface area contributed by atoms with E-state index in [4.69, 9.17) is 0 Å². The number of hydrogen-bond donors (Lipinski definition) is 2. The standard InChI is InChI=1S/C11H16N2OS/c1-8-4-6-15-10(8)11(14)13-9-3-2-5-12-7-9/h4,6,9,12H,2-3,5,7H2,1H3,(H,13,14)/t9-/m0/s1. The topological polar surface area (TPSA) is 41.1 Å². The molecule has 1 amide bonds. The molecule has 0 bridgehead atoms. The number of carbonyl (C=O) groups excluding carboxylic acids is 1. The summed E-state index contributed by atoms with van der Waals surface area (Å²) in [4.78, 5) is 12.7. The lowest BCUT2D eigenvalue weighted by Crippen LogP contribution is -2.45. The summed E-state index contributed by atoms with van der Waals surface area (Å²) in [5.74, 6) is 0.0798. The molecule has 0 aromatic carbocycles. The minimum atomic E-state index is 0.0798. The van der Waals surface area contributed by atoms with E-state index in [2.05, 4.69) is 10.6 Å². The lowest BCUT2D eigenvalue weighted by atomic mass is 10.1. The highest BCUT2D eigenvalue weighted by Crippen LogP contribution is 2.15. The molecule has 2 rings (SSSR count). The molecule has 82 valence electrons. The number of rotatable bonds is 2. The monoisotopic (exact) mass is 224 g/mol. The second kappa shape index (κ2) is 4.77. The number of hydrogen-bond acceptors (Lipinski definition) is 3. The molecule has 1 aliphatic rings. The molecule has 0 saturated carbocycles. The molecule has 2 N–H and O–H groups in total. The predicted octanol–water partition coefficient (Wildman–Crippen LogP) is 1.54. The molecule has 4 heteroatoms. The molecular formula is C11H16N2OS. The molecule has 1 fully saturated rings. The summed E-state index contributed by atoms with van der Waals surface area (Å²) < 4.78 is 0. The molecule has 0 unspecified atom stereocenters. The summed E-state index contributed by atoms with van der Waals surface area (Å²) in [5.41, 5.74) is 1.07. The minimum absolute atomic E-state index is 0.0798. The minimum Gasteiger partial charge on any atom is -0.347 e. The highest BCUT2D eigenvalue weighted by molar-refractivity contribution is 7.12. The van der Waals surface area contributed by atoms with E-state index in [1.54, 1.807) is 0 Å². The molecule has 0 aliphatic carbocycles. The van der Waals surface area contributed by atoms with Crippen molar-refractivity contribution in [3.8, 4) is 0 Å². The molecule has 1 aliphatic heterocycles. The quantitative estimate of drug-likeness (QED) is 0.800. The van der Waals surface area contributed by atoms with E-state index in [0.717, 1.165) is 36.4 Å². The zero-order valence-corrected chi connectivity index (χ0v) is 9.69. The van der Waals surface area contributed by atoms with Gasteiger partial charge in [-0.05, 0) is 43.3 Å². The van der Waals surface area contributed by atoms with Gasteiger partial charge in [-0.1, -0.05) is 0 Å². The van der Waals surface area contributed by atoms with E-state index < -0.39 is 0 Å². The smallest absolute Gasteiger partial charge is 0.261 e. The fourth-order valence-corrected chi connectivity index (χ4v) is 2.66. The first-order valence-corrected chi connectivity index (χ1v) is 6.21. The van der Waals surface area contributed by atoms with Crippen LogP contribution in [0, 0.1) is 6.92 Å². The van der Waals surface area contributed by atoms with Crippen molar-refractivity contribution in [1.29, 1.82) is 0 Å². The maximum atomic E-state index is 11.9. The fourth-order valence-electron chi connectivity index (χ4n) is 1.83. The van der Waals surface area contributed by atoms with Crippen molar-refractivity contribution in [2.24, 2.45) is 0 Å². The van der Waals surface area contributed by atoms with E-state index in [1.165, 1.54) is 11.3 Å². The van der Waals surface area contributed by atoms with Gasteiger partial charge in [-0.3, -0.25) is 4.79 Å². The lowest BCUT2D eigenvalue weighted by molar-refractivity contribution is 0.0934. The van der Waals surface area contributed by atoms with Crippen LogP contribution in [0.1, 0.15) is 28.1 Å². The number of piperidine rings is 1. The van der Waals surface area contributed by atoms with Gasteiger partial charge in [-0.25, -0.2) is 0 Å². The van der Waals surface area contributed by atoms with Crippen LogP contribution in [0.3, 0.4) is 0 Å². The third-order valence-electron chi connectivity index (χ3n) is 2.70. The van der Waals surface area contributed by atoms with Crippen molar-refractivity contribution in [3.05, 3.63) is 21.9 Å². The molecule has 2 heterocycles. The van der Waals surface area contributed by atoms with Crippen LogP contribution >= 0.6 is 11.3 Å². The first kappa shape index (κ1) is 10.6. The predicted molar refractivity (Wildman–Crippen MR) is 62.4 cm³/mol. The zero-order valence-electron chi connectivity index (χ0n) is 8.88. The average Bonchev–Trinajstić information content (AvgIpc) is 2.66. The Morgan fingerprint density at radius 2 is 2.53 bits per heavy atom. The van der Waals surface area contributed by atoms with Crippen molar-refractivity contribution in [2.45, 2.75) is 25.8 Å². The Morgan fingerprint density at radius 1 is 1.67 bits per heavy atom. The second-order valence-electron chi connectivity index (χ2n) is 3.95. The molecule has 3 nitrogen and oxygen atoms in total. The molecule has 0 radical (unpaired) electrons. The van der Waals surface area contributed by atoms with Crippen LogP contribution in [0.25, 0.3) is 0 Å². The van der Waals surface area contributed by atoms with E-state index >= 15 is 0 Å². The van der Waals surface area contributed by atoms with E-state index in [-0.39, 0.29) is 5.91 Å². The Kier molecular flexibility index (Phi) is 3.38. The summed E-state index contributed by atoms with van der Waals surface area (Å²) in [7, 11) is 0. The van der Waals surface area contributed by atoms with Gasteiger partial charge in [0.05, 0.1) is 4.88 Å². The Labute approximate surface area is 93.9 Å². The molecule has 1 atom stereocenters. The second-order valence-corrected chi connectivity index (χ2v) is 4.87. The highest BCUT2D eigenvalue weighted by Gasteiger charge is 2.17. The van der Waals surface area contributed by atoms with Gasteiger partial charge in [0.2, 0.25) is 0 Å². The highest BCUT2D eigenvalue weighted by atomic mass is 32.1. The SMILES string of the molecule is Cc1ccsc1C(=O)N[C@H]1CCCNC1. The van der Waals surface area contributed by atoms with Crippen LogP contribution in [0.2, 0.25) is 0 Å². The number of nitrogens with one attached hydrogen (secondary N) is 2. The molecule has 1 aromatic heterocycles. The van der Waals surface area contributed by atoms with Crippen molar-refractivity contribution >= 4 is 17.2 Å². The molecule has 1 saturated heterocycles. The summed E-state index contributed by atoms with van der Waals surface area (Å²) >= 11 is 1.51. The Morgan fingerprint density at radius 3 is 3.13 bits per heavy atom. The van der Waals surface area contributed by atoms with Gasteiger partial charge in [-0.2, -0.15) is 0 Å². The van der Waals surface area contributed by atoms with Crippen molar-refractivity contribution in [2.75, 3.05) is 13.1 Å². The number of aryl methyl sites for hydroxylation is 1. The largest absolute Gasteiger partial charge is 0.347 e. The molecule has 15 heavy (non-hydrogen) atoms. The normalized spacial score (nSPS) is 21.3. The van der Waals surface area contributed by atoms with E-state index in [1.807, 2.05) is 18.4 Å². The van der Waals surface area contributed by atoms with Gasteiger partial charge in [-0.15, -0.1) is 11.3 Å². The van der Waals surface area contributed by atoms with E-state index in [9.17, 15) is 4.79 Å². The van der Waals surface area contributed by atoms with Gasteiger partial charge in [0.25, 0.3) is 5.91 Å². The number of amides is 1. The van der Waals surface area contributed by atoms with Gasteiger partial charge in [0.15, 0.2) is 0 Å². The lowest BCUT2D eigenvalue weighted by Gasteiger charge is -2.23. The third kappa shape index (κ3) is 2.58. The van der Waals surface area contributed by atoms with Crippen LogP contribution in [0.15, 0.2) is 11.4 Å². The van der Waals surface area contributed by atoms with Gasteiger partial charge in [0.1, 0.15) is 0 Å². The van der Waals surface area contributed by atoms with Gasteiger partial charge >= 0.3 is 0 Å². The van der Waals surface area contributed by atoms with Crippen molar-refractivity contribution in [3.63, 3.8) is 0 Å². The Hall–Kier alpha value is -0.870. The number of carbonyl (C=O) groups is 1. The summed E-state index contributed by atoms with van der Waals surface area (Å²) in [5, 5.41) is 8.32. The van der Waals surface area contributed by atoms with Gasteiger partial charge < -0.3 is 10.6 Å². The van der Waals surface area contributed by atoms with Crippen molar-refractivity contribution < 1.29 is 4.79 Å². The first-order chi connectivity index (χ1) is 7.27. The average molecular weight is 224 g/mol. The van der Waals surface area contributed by atoms with Crippen molar-refractivity contribution in [1.82, 2.24) is 10.6 Å². The zero-order chi connectivity index (χ0) is 10.7. The Balaban J connectivity index is 1.94. The van der Waals surface area contributed by atoms with Crippen LogP contribution in [-0.2, 0) is 0 Å². The maximum Gasteiger partial charge on any atom is 0.261 e. The molecule has 1 aromatic rings. The van der Waals surface area contributed by atoms with Crippen LogP contribution in [0.5, 0.6) is 0 Å².